The van der Waals surface area contributed by atoms with Crippen molar-refractivity contribution in [2.75, 3.05) is 33.2 Å². The van der Waals surface area contributed by atoms with Crippen molar-refractivity contribution in [3.05, 3.63) is 53.5 Å². The number of nitrogens with one attached hydrogen (secondary N) is 1. The molecule has 3 aromatic heterocycles. The minimum absolute atomic E-state index is 0.0739. The van der Waals surface area contributed by atoms with Gasteiger partial charge >= 0.3 is 6.18 Å². The lowest BCUT2D eigenvalue weighted by Gasteiger charge is -2.33. The fraction of sp³-hybridized carbons (Fsp3) is 0.464. The molecule has 0 unspecified atom stereocenters. The molecule has 1 aliphatic rings. The van der Waals surface area contributed by atoms with Crippen LogP contribution < -0.4 is 0 Å². The van der Waals surface area contributed by atoms with Crippen molar-refractivity contribution >= 4 is 22.5 Å². The van der Waals surface area contributed by atoms with Gasteiger partial charge in [-0.1, -0.05) is 26.8 Å². The third kappa shape index (κ3) is 4.89. The number of amides is 1. The number of aromatic nitrogens is 4. The normalized spacial score (nSPS) is 15.4. The van der Waals surface area contributed by atoms with E-state index in [-0.39, 0.29) is 17.5 Å². The van der Waals surface area contributed by atoms with Crippen molar-refractivity contribution in [2.45, 2.75) is 51.6 Å². The highest BCUT2D eigenvalue weighted by Gasteiger charge is 2.35. The summed E-state index contributed by atoms with van der Waals surface area (Å²) in [6.45, 7) is 8.87. The lowest BCUT2D eigenvalue weighted by atomic mass is 9.87. The maximum atomic E-state index is 13.9. The van der Waals surface area contributed by atoms with Crippen LogP contribution in [0.3, 0.4) is 0 Å². The summed E-state index contributed by atoms with van der Waals surface area (Å²) in [5.74, 6) is 0.571. The van der Waals surface area contributed by atoms with E-state index in [0.29, 0.717) is 23.7 Å². The number of nitrogens with zero attached hydrogens (tertiary/aromatic N) is 5. The highest BCUT2D eigenvalue weighted by Crippen LogP contribution is 2.40. The molecule has 0 radical (unpaired) electrons. The molecule has 7 nitrogen and oxygen atoms in total. The Kier molecular flexibility index (Phi) is 6.94. The number of pyridine rings is 1. The molecule has 5 rings (SSSR count). The molecule has 1 fully saturated rings. The van der Waals surface area contributed by atoms with E-state index in [4.69, 9.17) is 0 Å². The SMILES string of the molecule is CCN(C)CC(=O)N1CCC(c2ccc3[nH]c(-c4cc(C(F)(F)F)c5ncnn5c4)c(C(C)C)c3c2)CC1. The zero-order valence-electron chi connectivity index (χ0n) is 22.1. The van der Waals surface area contributed by atoms with E-state index in [0.717, 1.165) is 61.3 Å². The minimum Gasteiger partial charge on any atom is -0.354 e. The number of likely N-dealkylation sites (N-methyl/N-ethyl adjacent to an activating group) is 1. The second-order valence-corrected chi connectivity index (χ2v) is 10.5. The molecule has 202 valence electrons. The van der Waals surface area contributed by atoms with E-state index < -0.39 is 11.7 Å². The van der Waals surface area contributed by atoms with Gasteiger partial charge in [-0.3, -0.25) is 9.69 Å². The Morgan fingerprint density at radius 1 is 1.21 bits per heavy atom. The average Bonchev–Trinajstić information content (AvgIpc) is 3.51. The number of rotatable bonds is 6. The van der Waals surface area contributed by atoms with Crippen LogP contribution in [0.1, 0.15) is 62.1 Å². The third-order valence-electron chi connectivity index (χ3n) is 7.67. The first-order valence-corrected chi connectivity index (χ1v) is 13.1. The number of hydrogen-bond acceptors (Lipinski definition) is 4. The fourth-order valence-electron chi connectivity index (χ4n) is 5.49. The van der Waals surface area contributed by atoms with Crippen molar-refractivity contribution in [2.24, 2.45) is 0 Å². The van der Waals surface area contributed by atoms with Crippen LogP contribution in [0, 0.1) is 0 Å². The predicted octanol–water partition coefficient (Wildman–Crippen LogP) is 5.68. The van der Waals surface area contributed by atoms with Crippen molar-refractivity contribution in [3.8, 4) is 11.3 Å². The maximum absolute atomic E-state index is 13.9. The van der Waals surface area contributed by atoms with E-state index in [1.165, 1.54) is 10.1 Å². The summed E-state index contributed by atoms with van der Waals surface area (Å²) in [6, 6.07) is 7.45. The van der Waals surface area contributed by atoms with Gasteiger partial charge in [0.2, 0.25) is 5.91 Å². The van der Waals surface area contributed by atoms with Crippen LogP contribution >= 0.6 is 0 Å². The van der Waals surface area contributed by atoms with E-state index in [1.807, 2.05) is 29.8 Å². The predicted molar refractivity (Wildman–Crippen MR) is 141 cm³/mol. The quantitative estimate of drug-likeness (QED) is 0.351. The van der Waals surface area contributed by atoms with Gasteiger partial charge in [0, 0.05) is 35.8 Å². The summed E-state index contributed by atoms with van der Waals surface area (Å²) in [5, 5.41) is 5.00. The van der Waals surface area contributed by atoms with E-state index in [1.54, 1.807) is 6.20 Å². The number of hydrogen-bond donors (Lipinski definition) is 1. The van der Waals surface area contributed by atoms with Crippen molar-refractivity contribution < 1.29 is 18.0 Å². The van der Waals surface area contributed by atoms with Crippen LogP contribution in [0.25, 0.3) is 27.8 Å². The number of H-pyrrole nitrogens is 1. The van der Waals surface area contributed by atoms with Gasteiger partial charge in [0.15, 0.2) is 5.65 Å². The maximum Gasteiger partial charge on any atom is 0.420 e. The summed E-state index contributed by atoms with van der Waals surface area (Å²) in [5.41, 5.74) is 3.12. The molecule has 38 heavy (non-hydrogen) atoms. The Morgan fingerprint density at radius 2 is 1.95 bits per heavy atom. The lowest BCUT2D eigenvalue weighted by molar-refractivity contribution is -0.136. The Labute approximate surface area is 219 Å². The molecule has 1 saturated heterocycles. The number of benzene rings is 1. The molecule has 4 aromatic rings. The molecule has 0 bridgehead atoms. The molecular weight excluding hydrogens is 493 g/mol. The zero-order valence-corrected chi connectivity index (χ0v) is 22.1. The number of fused-ring (bicyclic) bond motifs is 2. The Hall–Kier alpha value is -3.40. The molecule has 1 aromatic carbocycles. The molecule has 1 aliphatic heterocycles. The van der Waals surface area contributed by atoms with Crippen LogP contribution in [-0.2, 0) is 11.0 Å². The molecule has 0 spiro atoms. The second kappa shape index (κ2) is 10.1. The van der Waals surface area contributed by atoms with Gasteiger partial charge in [-0.25, -0.2) is 9.50 Å². The third-order valence-corrected chi connectivity index (χ3v) is 7.67. The summed E-state index contributed by atoms with van der Waals surface area (Å²) in [4.78, 5) is 23.8. The van der Waals surface area contributed by atoms with Gasteiger partial charge in [0.25, 0.3) is 0 Å². The fourth-order valence-corrected chi connectivity index (χ4v) is 5.49. The molecule has 4 heterocycles. The van der Waals surface area contributed by atoms with Crippen LogP contribution in [0.5, 0.6) is 0 Å². The van der Waals surface area contributed by atoms with E-state index >= 15 is 0 Å². The Bertz CT molecular complexity index is 1460. The van der Waals surface area contributed by atoms with Crippen LogP contribution in [0.15, 0.2) is 36.8 Å². The van der Waals surface area contributed by atoms with E-state index in [9.17, 15) is 18.0 Å². The highest BCUT2D eigenvalue weighted by molar-refractivity contribution is 5.92. The summed E-state index contributed by atoms with van der Waals surface area (Å²) in [7, 11) is 1.95. The van der Waals surface area contributed by atoms with Crippen LogP contribution in [0.4, 0.5) is 13.2 Å². The monoisotopic (exact) mass is 526 g/mol. The van der Waals surface area contributed by atoms with Gasteiger partial charge < -0.3 is 9.88 Å². The lowest BCUT2D eigenvalue weighted by Crippen LogP contribution is -2.43. The number of piperidine rings is 1. The van der Waals surface area contributed by atoms with Gasteiger partial charge in [-0.05, 0) is 67.6 Å². The first-order valence-electron chi connectivity index (χ1n) is 13.1. The van der Waals surface area contributed by atoms with Crippen molar-refractivity contribution in [1.29, 1.82) is 0 Å². The standard InChI is InChI=1S/C28H33F3N6O/c1-5-35(4)15-24(38)36-10-8-18(9-11-36)19-6-7-23-21(12-19)25(17(2)3)26(34-23)20-13-22(28(29,30)31)27-32-16-33-37(27)14-20/h6-7,12-14,16-18,34H,5,8-11,15H2,1-4H3. The van der Waals surface area contributed by atoms with Gasteiger partial charge in [-0.15, -0.1) is 0 Å². The van der Waals surface area contributed by atoms with Gasteiger partial charge in [0.1, 0.15) is 11.9 Å². The van der Waals surface area contributed by atoms with Gasteiger partial charge in [-0.2, -0.15) is 18.3 Å². The molecule has 10 heteroatoms. The number of carbonyl (C=O) groups excluding carboxylic acids is 1. The molecule has 1 N–H and O–H groups in total. The Balaban J connectivity index is 1.48. The summed E-state index contributed by atoms with van der Waals surface area (Å²) >= 11 is 0. The van der Waals surface area contributed by atoms with E-state index in [2.05, 4.69) is 41.0 Å². The largest absolute Gasteiger partial charge is 0.420 e. The number of alkyl halides is 3. The average molecular weight is 527 g/mol. The molecular formula is C28H33F3N6O. The van der Waals surface area contributed by atoms with Crippen molar-refractivity contribution in [1.82, 2.24) is 29.4 Å². The minimum atomic E-state index is -4.55. The zero-order chi connectivity index (χ0) is 27.2. The van der Waals surface area contributed by atoms with Gasteiger partial charge in [0.05, 0.1) is 12.2 Å². The second-order valence-electron chi connectivity index (χ2n) is 10.5. The van der Waals surface area contributed by atoms with Crippen molar-refractivity contribution in [3.63, 3.8) is 0 Å². The molecule has 0 atom stereocenters. The smallest absolute Gasteiger partial charge is 0.354 e. The number of likely N-dealkylation sites (tertiary alicyclic amines) is 1. The number of aromatic amines is 1. The number of carbonyl (C=O) groups is 1. The molecule has 1 amide bonds. The topological polar surface area (TPSA) is 69.5 Å². The summed E-state index contributed by atoms with van der Waals surface area (Å²) < 4.78 is 42.7. The molecule has 0 aliphatic carbocycles. The van der Waals surface area contributed by atoms with Crippen LogP contribution in [-0.4, -0.2) is 68.5 Å². The summed E-state index contributed by atoms with van der Waals surface area (Å²) in [6.07, 6.45) is -0.0455. The molecule has 0 saturated carbocycles. The van der Waals surface area contributed by atoms with Crippen LogP contribution in [0.2, 0.25) is 0 Å². The first-order chi connectivity index (χ1) is 18.1. The first kappa shape index (κ1) is 26.2. The highest BCUT2D eigenvalue weighted by atomic mass is 19.4. The number of halogens is 3. The Morgan fingerprint density at radius 3 is 2.61 bits per heavy atom.